The molecule has 0 fully saturated rings. The van der Waals surface area contributed by atoms with Gasteiger partial charge in [-0.25, -0.2) is 20.2 Å². The smallest absolute Gasteiger partial charge is 0.269 e. The number of aromatic nitrogens is 3. The van der Waals surface area contributed by atoms with Gasteiger partial charge in [0, 0.05) is 34.7 Å². The first-order chi connectivity index (χ1) is 12.6. The van der Waals surface area contributed by atoms with Crippen LogP contribution in [0.3, 0.4) is 0 Å². The van der Waals surface area contributed by atoms with E-state index in [-0.39, 0.29) is 5.56 Å². The predicted molar refractivity (Wildman–Crippen MR) is 100 cm³/mol. The maximum atomic E-state index is 12.5. The number of anilines is 2. The molecule has 130 valence electrons. The third-order valence-electron chi connectivity index (χ3n) is 3.97. The van der Waals surface area contributed by atoms with Gasteiger partial charge in [0.15, 0.2) is 6.17 Å². The molecule has 4 rings (SSSR count). The minimum atomic E-state index is -0.435. The highest BCUT2D eigenvalue weighted by Crippen LogP contribution is 2.17. The number of hydrogen-bond acceptors (Lipinski definition) is 5. The van der Waals surface area contributed by atoms with Gasteiger partial charge in [-0.3, -0.25) is 14.8 Å². The van der Waals surface area contributed by atoms with Crippen molar-refractivity contribution in [1.82, 2.24) is 14.5 Å². The number of hydrogen-bond donors (Lipinski definition) is 3. The average Bonchev–Trinajstić information content (AvgIpc) is 2.63. The summed E-state index contributed by atoms with van der Waals surface area (Å²) in [5, 5.41) is 7.04. The summed E-state index contributed by atoms with van der Waals surface area (Å²) in [6.45, 7) is 1.79. The van der Waals surface area contributed by atoms with Gasteiger partial charge in [0.05, 0.1) is 5.69 Å². The molecule has 3 N–H and O–H groups in total. The summed E-state index contributed by atoms with van der Waals surface area (Å²) in [6, 6.07) is 12.6. The lowest BCUT2D eigenvalue weighted by Gasteiger charge is -2.22. The summed E-state index contributed by atoms with van der Waals surface area (Å²) in [5.74, 6) is 1.07. The third-order valence-corrected chi connectivity index (χ3v) is 4.22. The number of nitrogens with one attached hydrogen (secondary N) is 3. The number of halogens is 1. The van der Waals surface area contributed by atoms with Crippen LogP contribution in [0, 0.1) is 6.92 Å². The van der Waals surface area contributed by atoms with E-state index < -0.39 is 6.17 Å². The van der Waals surface area contributed by atoms with E-state index >= 15 is 0 Å². The van der Waals surface area contributed by atoms with E-state index in [2.05, 4.69) is 25.6 Å². The summed E-state index contributed by atoms with van der Waals surface area (Å²) in [5.41, 5.74) is 2.19. The zero-order valence-electron chi connectivity index (χ0n) is 13.9. The molecule has 3 heterocycles. The number of nitrogens with zero attached hydrogens (tertiary/aromatic N) is 3. The molecule has 1 aliphatic heterocycles. The molecule has 0 radical (unpaired) electrons. The number of fused-ring (bicyclic) bond motifs is 1. The summed E-state index contributed by atoms with van der Waals surface area (Å²) in [4.78, 5) is 24.5. The van der Waals surface area contributed by atoms with Crippen molar-refractivity contribution >= 4 is 29.2 Å². The second kappa shape index (κ2) is 6.61. The molecule has 0 amide bonds. The quantitative estimate of drug-likeness (QED) is 0.632. The van der Waals surface area contributed by atoms with Crippen molar-refractivity contribution in [2.24, 2.45) is 0 Å². The molecular weight excluding hydrogens is 352 g/mol. The summed E-state index contributed by atoms with van der Waals surface area (Å²) in [7, 11) is 0. The minimum absolute atomic E-state index is 0.146. The first kappa shape index (κ1) is 16.3. The lowest BCUT2D eigenvalue weighted by molar-refractivity contribution is -0.520. The van der Waals surface area contributed by atoms with Crippen LogP contribution in [0.1, 0.15) is 17.4 Å². The van der Waals surface area contributed by atoms with Crippen molar-refractivity contribution in [3.63, 3.8) is 0 Å². The summed E-state index contributed by atoms with van der Waals surface area (Å²) < 4.78 is 1.57. The Kier molecular flexibility index (Phi) is 4.14. The van der Waals surface area contributed by atoms with E-state index in [1.165, 1.54) is 6.07 Å². The van der Waals surface area contributed by atoms with E-state index in [0.29, 0.717) is 22.6 Å². The lowest BCUT2D eigenvalue weighted by atomic mass is 10.2. The second-order valence-electron chi connectivity index (χ2n) is 5.89. The Morgan fingerprint density at radius 1 is 1.27 bits per heavy atom. The van der Waals surface area contributed by atoms with Crippen LogP contribution in [0.25, 0.3) is 0 Å². The molecule has 1 aliphatic rings. The molecule has 7 nitrogen and oxygen atoms in total. The first-order valence-corrected chi connectivity index (χ1v) is 8.41. The van der Waals surface area contributed by atoms with Crippen LogP contribution < -0.4 is 21.2 Å². The van der Waals surface area contributed by atoms with Gasteiger partial charge in [0.25, 0.3) is 11.5 Å². The van der Waals surface area contributed by atoms with E-state index in [0.717, 1.165) is 11.3 Å². The summed E-state index contributed by atoms with van der Waals surface area (Å²) >= 11 is 5.94. The maximum absolute atomic E-state index is 12.5. The Hall–Kier alpha value is -3.19. The van der Waals surface area contributed by atoms with Gasteiger partial charge in [-0.15, -0.1) is 0 Å². The molecule has 1 aromatic carbocycles. The second-order valence-corrected chi connectivity index (χ2v) is 6.33. The molecule has 0 saturated carbocycles. The monoisotopic (exact) mass is 367 g/mol. The van der Waals surface area contributed by atoms with Gasteiger partial charge in [-0.1, -0.05) is 17.7 Å². The Bertz CT molecular complexity index is 1030. The Morgan fingerprint density at radius 2 is 2.08 bits per heavy atom. The van der Waals surface area contributed by atoms with Gasteiger partial charge < -0.3 is 0 Å². The number of rotatable bonds is 2. The summed E-state index contributed by atoms with van der Waals surface area (Å²) in [6.07, 6.45) is 2.98. The van der Waals surface area contributed by atoms with E-state index in [9.17, 15) is 4.79 Å². The first-order valence-electron chi connectivity index (χ1n) is 8.03. The molecule has 2 aromatic heterocycles. The predicted octanol–water partition coefficient (Wildman–Crippen LogP) is 1.12. The molecule has 0 saturated heterocycles. The number of aryl methyl sites for hydroxylation is 1. The Labute approximate surface area is 154 Å². The minimum Gasteiger partial charge on any atom is -0.269 e. The highest BCUT2D eigenvalue weighted by molar-refractivity contribution is 6.30. The van der Waals surface area contributed by atoms with E-state index in [1.807, 2.05) is 24.3 Å². The molecule has 8 heteroatoms. The van der Waals surface area contributed by atoms with Gasteiger partial charge in [-0.2, -0.15) is 0 Å². The number of pyridine rings is 1. The molecule has 0 aliphatic carbocycles. The topological polar surface area (TPSA) is 85.8 Å². The van der Waals surface area contributed by atoms with Gasteiger partial charge >= 0.3 is 5.96 Å². The van der Waals surface area contributed by atoms with Crippen molar-refractivity contribution in [2.45, 2.75) is 13.1 Å². The van der Waals surface area contributed by atoms with Crippen LogP contribution in [0.4, 0.5) is 11.6 Å². The van der Waals surface area contributed by atoms with Crippen LogP contribution in [-0.2, 0) is 0 Å². The normalized spacial score (nSPS) is 15.6. The average molecular weight is 368 g/mol. The maximum Gasteiger partial charge on any atom is 0.357 e. The van der Waals surface area contributed by atoms with Gasteiger partial charge in [0.1, 0.15) is 0 Å². The van der Waals surface area contributed by atoms with Gasteiger partial charge in [0.2, 0.25) is 0 Å². The standard InChI is InChI=1S/C18H15ClN6O/c1-11-9-15(26)25-16(12-3-2-8-20-10-12)23-17(24-18(25)21-11)22-14-6-4-13(19)5-7-14/h2-10,16H,1H3,(H2,21,22,23,24)/p+1/t16-/m0/s1. The molecular formula is C18H16ClN6O+. The van der Waals surface area contributed by atoms with Crippen molar-refractivity contribution in [3.05, 3.63) is 81.5 Å². The largest absolute Gasteiger partial charge is 0.357 e. The zero-order chi connectivity index (χ0) is 18.1. The fourth-order valence-electron chi connectivity index (χ4n) is 2.81. The SMILES string of the molecule is Cc1cc(=O)n2c(n1)NC(Nc1ccc(Cl)cc1)=[NH+][C@@H]2c1cccnc1. The van der Waals surface area contributed by atoms with E-state index in [1.54, 1.807) is 36.0 Å². The van der Waals surface area contributed by atoms with Gasteiger partial charge in [-0.05, 0) is 37.3 Å². The van der Waals surface area contributed by atoms with Crippen molar-refractivity contribution in [3.8, 4) is 0 Å². The molecule has 1 atom stereocenters. The van der Waals surface area contributed by atoms with E-state index in [4.69, 9.17) is 11.6 Å². The van der Waals surface area contributed by atoms with Crippen molar-refractivity contribution in [1.29, 1.82) is 0 Å². The lowest BCUT2D eigenvalue weighted by Crippen LogP contribution is -2.82. The third kappa shape index (κ3) is 3.16. The van der Waals surface area contributed by atoms with Crippen LogP contribution in [0.15, 0.2) is 59.7 Å². The Morgan fingerprint density at radius 3 is 2.81 bits per heavy atom. The van der Waals surface area contributed by atoms with Crippen LogP contribution in [0.2, 0.25) is 5.02 Å². The van der Waals surface area contributed by atoms with Crippen LogP contribution >= 0.6 is 11.6 Å². The molecule has 26 heavy (non-hydrogen) atoms. The van der Waals surface area contributed by atoms with Crippen molar-refractivity contribution < 1.29 is 4.99 Å². The number of guanidine groups is 1. The molecule has 0 spiro atoms. The highest BCUT2D eigenvalue weighted by Gasteiger charge is 2.29. The fourth-order valence-corrected chi connectivity index (χ4v) is 2.93. The van der Waals surface area contributed by atoms with Crippen molar-refractivity contribution in [2.75, 3.05) is 10.6 Å². The van der Waals surface area contributed by atoms with Crippen LogP contribution in [-0.4, -0.2) is 20.5 Å². The number of benzene rings is 1. The molecule has 0 unspecified atom stereocenters. The van der Waals surface area contributed by atoms with Crippen LogP contribution in [0.5, 0.6) is 0 Å². The molecule has 3 aromatic rings. The Balaban J connectivity index is 1.78. The zero-order valence-corrected chi connectivity index (χ0v) is 14.7. The fraction of sp³-hybridized carbons (Fsp3) is 0.111. The molecule has 0 bridgehead atoms. The highest BCUT2D eigenvalue weighted by atomic mass is 35.5.